The van der Waals surface area contributed by atoms with Gasteiger partial charge in [0.05, 0.1) is 16.5 Å². The Morgan fingerprint density at radius 3 is 2.48 bits per heavy atom. The van der Waals surface area contributed by atoms with E-state index < -0.39 is 9.84 Å². The van der Waals surface area contributed by atoms with Crippen molar-refractivity contribution in [2.45, 2.75) is 17.7 Å². The molecule has 1 aliphatic heterocycles. The second-order valence-electron chi connectivity index (χ2n) is 5.92. The van der Waals surface area contributed by atoms with E-state index in [2.05, 4.69) is 11.9 Å². The molecule has 0 bridgehead atoms. The first-order valence-electron chi connectivity index (χ1n) is 7.72. The van der Waals surface area contributed by atoms with Crippen LogP contribution in [-0.2, 0) is 19.4 Å². The number of likely N-dealkylation sites (tertiary alicyclic amines) is 1. The molecule has 1 saturated heterocycles. The Bertz CT molecular complexity index is 847. The van der Waals surface area contributed by atoms with E-state index in [0.29, 0.717) is 25.9 Å². The lowest BCUT2D eigenvalue weighted by molar-refractivity contribution is -0.130. The van der Waals surface area contributed by atoms with E-state index in [1.54, 1.807) is 4.90 Å². The van der Waals surface area contributed by atoms with Crippen molar-refractivity contribution in [2.75, 3.05) is 24.7 Å². The molecule has 0 aliphatic carbocycles. The highest BCUT2D eigenvalue weighted by molar-refractivity contribution is 7.90. The maximum atomic E-state index is 12.4. The lowest BCUT2D eigenvalue weighted by Gasteiger charge is -2.30. The van der Waals surface area contributed by atoms with Crippen LogP contribution < -0.4 is 5.32 Å². The first kappa shape index (κ1) is 18.7. The van der Waals surface area contributed by atoms with E-state index >= 15 is 0 Å². The zero-order valence-corrected chi connectivity index (χ0v) is 14.7. The number of hydrogen-bond acceptors (Lipinski definition) is 5. The highest BCUT2D eigenvalue weighted by atomic mass is 32.2. The molecule has 2 amide bonds. The molecule has 0 radical (unpaired) electrons. The lowest BCUT2D eigenvalue weighted by Crippen LogP contribution is -2.40. The van der Waals surface area contributed by atoms with E-state index in [9.17, 15) is 18.0 Å². The Kier molecular flexibility index (Phi) is 5.59. The summed E-state index contributed by atoms with van der Waals surface area (Å²) >= 11 is 0. The van der Waals surface area contributed by atoms with Crippen molar-refractivity contribution < 1.29 is 18.0 Å². The van der Waals surface area contributed by atoms with Gasteiger partial charge in [-0.15, -0.1) is 0 Å². The number of piperidine rings is 1. The maximum absolute atomic E-state index is 12.4. The molecule has 1 aliphatic rings. The molecule has 8 heteroatoms. The molecule has 0 aromatic heterocycles. The summed E-state index contributed by atoms with van der Waals surface area (Å²) in [5.41, 5.74) is 0.429. The van der Waals surface area contributed by atoms with Crippen LogP contribution in [0.25, 0.3) is 0 Å². The SMILES string of the molecule is C=CC(=O)N1CCC(C(=O)Nc2cc(C#N)cc(S(C)(=O)=O)c2)CC1. The lowest BCUT2D eigenvalue weighted by atomic mass is 9.95. The van der Waals surface area contributed by atoms with Crippen LogP contribution in [-0.4, -0.2) is 44.5 Å². The minimum atomic E-state index is -3.49. The summed E-state index contributed by atoms with van der Waals surface area (Å²) in [5, 5.41) is 11.7. The summed E-state index contributed by atoms with van der Waals surface area (Å²) in [5.74, 6) is -0.681. The first-order chi connectivity index (χ1) is 11.7. The van der Waals surface area contributed by atoms with Gasteiger partial charge in [0, 0.05) is 31.0 Å². The first-order valence-corrected chi connectivity index (χ1v) is 9.61. The molecular weight excluding hydrogens is 342 g/mol. The van der Waals surface area contributed by atoms with E-state index in [0.717, 1.165) is 6.26 Å². The Labute approximate surface area is 146 Å². The van der Waals surface area contributed by atoms with Crippen LogP contribution in [0.5, 0.6) is 0 Å². The van der Waals surface area contributed by atoms with Crippen LogP contribution in [0.1, 0.15) is 18.4 Å². The van der Waals surface area contributed by atoms with Crippen LogP contribution in [0.2, 0.25) is 0 Å². The predicted molar refractivity (Wildman–Crippen MR) is 92.4 cm³/mol. The molecule has 0 spiro atoms. The highest BCUT2D eigenvalue weighted by Crippen LogP contribution is 2.22. The third-order valence-corrected chi connectivity index (χ3v) is 5.18. The zero-order valence-electron chi connectivity index (χ0n) is 13.9. The van der Waals surface area contributed by atoms with Crippen molar-refractivity contribution in [3.63, 3.8) is 0 Å². The van der Waals surface area contributed by atoms with Gasteiger partial charge in [0.1, 0.15) is 0 Å². The van der Waals surface area contributed by atoms with Crippen molar-refractivity contribution in [1.29, 1.82) is 5.26 Å². The van der Waals surface area contributed by atoms with Crippen LogP contribution in [0.3, 0.4) is 0 Å². The quantitative estimate of drug-likeness (QED) is 0.814. The number of rotatable bonds is 4. The number of nitriles is 1. The fraction of sp³-hybridized carbons (Fsp3) is 0.353. The number of nitrogens with one attached hydrogen (secondary N) is 1. The molecule has 1 aromatic rings. The van der Waals surface area contributed by atoms with Gasteiger partial charge in [0.2, 0.25) is 11.8 Å². The normalized spacial score (nSPS) is 15.3. The predicted octanol–water partition coefficient (Wildman–Crippen LogP) is 1.32. The third kappa shape index (κ3) is 4.67. The van der Waals surface area contributed by atoms with Crippen molar-refractivity contribution in [2.24, 2.45) is 5.92 Å². The molecule has 2 rings (SSSR count). The molecule has 0 unspecified atom stereocenters. The van der Waals surface area contributed by atoms with Gasteiger partial charge in [0.25, 0.3) is 0 Å². The number of sulfone groups is 1. The fourth-order valence-corrected chi connectivity index (χ4v) is 3.37. The topological polar surface area (TPSA) is 107 Å². The van der Waals surface area contributed by atoms with Crippen LogP contribution in [0.4, 0.5) is 5.69 Å². The van der Waals surface area contributed by atoms with Gasteiger partial charge >= 0.3 is 0 Å². The summed E-state index contributed by atoms with van der Waals surface area (Å²) < 4.78 is 23.4. The van der Waals surface area contributed by atoms with Crippen LogP contribution >= 0.6 is 0 Å². The molecule has 25 heavy (non-hydrogen) atoms. The van der Waals surface area contributed by atoms with Gasteiger partial charge < -0.3 is 10.2 Å². The molecule has 1 fully saturated rings. The van der Waals surface area contributed by atoms with Crippen LogP contribution in [0, 0.1) is 17.2 Å². The number of benzene rings is 1. The monoisotopic (exact) mass is 361 g/mol. The van der Waals surface area contributed by atoms with Gasteiger partial charge in [-0.05, 0) is 37.1 Å². The summed E-state index contributed by atoms with van der Waals surface area (Å²) in [4.78, 5) is 25.6. The summed E-state index contributed by atoms with van der Waals surface area (Å²) in [6.07, 6.45) is 3.33. The Morgan fingerprint density at radius 1 is 1.32 bits per heavy atom. The van der Waals surface area contributed by atoms with E-state index in [1.807, 2.05) is 6.07 Å². The Balaban J connectivity index is 2.10. The average Bonchev–Trinajstić information content (AvgIpc) is 2.60. The molecule has 0 atom stereocenters. The van der Waals surface area contributed by atoms with Gasteiger partial charge in [-0.2, -0.15) is 5.26 Å². The van der Waals surface area contributed by atoms with Gasteiger partial charge in [-0.1, -0.05) is 6.58 Å². The molecule has 1 aromatic carbocycles. The molecule has 0 saturated carbocycles. The van der Waals surface area contributed by atoms with Crippen molar-refractivity contribution in [1.82, 2.24) is 4.90 Å². The Morgan fingerprint density at radius 2 is 1.96 bits per heavy atom. The average molecular weight is 361 g/mol. The smallest absolute Gasteiger partial charge is 0.245 e. The number of anilines is 1. The minimum Gasteiger partial charge on any atom is -0.339 e. The Hall–Kier alpha value is -2.66. The molecule has 1 N–H and O–H groups in total. The number of hydrogen-bond donors (Lipinski definition) is 1. The summed E-state index contributed by atoms with van der Waals surface area (Å²) in [6, 6.07) is 5.93. The summed E-state index contributed by atoms with van der Waals surface area (Å²) in [6.45, 7) is 4.38. The second kappa shape index (κ2) is 7.49. The molecule has 132 valence electrons. The van der Waals surface area contributed by atoms with Gasteiger partial charge in [-0.25, -0.2) is 8.42 Å². The molecule has 7 nitrogen and oxygen atoms in total. The van der Waals surface area contributed by atoms with Crippen molar-refractivity contribution >= 4 is 27.3 Å². The minimum absolute atomic E-state index is 0.0201. The number of amides is 2. The maximum Gasteiger partial charge on any atom is 0.245 e. The van der Waals surface area contributed by atoms with E-state index in [-0.39, 0.29) is 33.9 Å². The third-order valence-electron chi connectivity index (χ3n) is 4.08. The van der Waals surface area contributed by atoms with Crippen LogP contribution in [0.15, 0.2) is 35.7 Å². The number of carbonyl (C=O) groups excluding carboxylic acids is 2. The second-order valence-corrected chi connectivity index (χ2v) is 7.94. The van der Waals surface area contributed by atoms with Crippen molar-refractivity contribution in [3.8, 4) is 6.07 Å². The van der Waals surface area contributed by atoms with E-state index in [4.69, 9.17) is 5.26 Å². The largest absolute Gasteiger partial charge is 0.339 e. The molecule has 1 heterocycles. The van der Waals surface area contributed by atoms with E-state index in [1.165, 1.54) is 24.3 Å². The molecular formula is C17H19N3O4S. The van der Waals surface area contributed by atoms with Crippen molar-refractivity contribution in [3.05, 3.63) is 36.4 Å². The van der Waals surface area contributed by atoms with Gasteiger partial charge in [-0.3, -0.25) is 9.59 Å². The number of nitrogens with zero attached hydrogens (tertiary/aromatic N) is 2. The van der Waals surface area contributed by atoms with Gasteiger partial charge in [0.15, 0.2) is 9.84 Å². The standard InChI is InChI=1S/C17H19N3O4S/c1-3-16(21)20-6-4-13(5-7-20)17(22)19-14-8-12(11-18)9-15(10-14)25(2,23)24/h3,8-10,13H,1,4-7H2,2H3,(H,19,22). The number of carbonyl (C=O) groups is 2. The zero-order chi connectivity index (χ0) is 18.6. The summed E-state index contributed by atoms with van der Waals surface area (Å²) in [7, 11) is -3.49. The fourth-order valence-electron chi connectivity index (χ4n) is 2.69. The highest BCUT2D eigenvalue weighted by Gasteiger charge is 2.26.